The van der Waals surface area contributed by atoms with Crippen molar-refractivity contribution in [3.63, 3.8) is 0 Å². The highest BCUT2D eigenvalue weighted by Crippen LogP contribution is 2.42. The number of nitrogens with one attached hydrogen (secondary N) is 1. The number of amides is 2. The summed E-state index contributed by atoms with van der Waals surface area (Å²) in [5.74, 6) is 0.505. The number of ether oxygens (including phenoxy) is 2. The summed E-state index contributed by atoms with van der Waals surface area (Å²) in [7, 11) is 0. The number of benzene rings is 3. The molecule has 2 amide bonds. The molecule has 2 aliphatic heterocycles. The fourth-order valence-electron chi connectivity index (χ4n) is 4.19. The van der Waals surface area contributed by atoms with Crippen molar-refractivity contribution < 1.29 is 19.1 Å². The van der Waals surface area contributed by atoms with Gasteiger partial charge in [0.2, 0.25) is 11.8 Å². The average molecular weight is 509 g/mol. The van der Waals surface area contributed by atoms with Gasteiger partial charge in [-0.25, -0.2) is 0 Å². The molecular formula is C27H25ClN2O4S. The lowest BCUT2D eigenvalue weighted by Crippen LogP contribution is -2.49. The van der Waals surface area contributed by atoms with Crippen LogP contribution in [-0.4, -0.2) is 36.3 Å². The minimum Gasteiger partial charge on any atom is -0.486 e. The van der Waals surface area contributed by atoms with Crippen molar-refractivity contribution >= 4 is 40.9 Å². The van der Waals surface area contributed by atoms with E-state index in [1.165, 1.54) is 11.8 Å². The maximum absolute atomic E-state index is 13.6. The van der Waals surface area contributed by atoms with Gasteiger partial charge in [-0.2, -0.15) is 0 Å². The van der Waals surface area contributed by atoms with Crippen LogP contribution in [0.15, 0.2) is 77.7 Å². The summed E-state index contributed by atoms with van der Waals surface area (Å²) in [5.41, 5.74) is 1.69. The zero-order chi connectivity index (χ0) is 24.4. The van der Waals surface area contributed by atoms with Gasteiger partial charge in [0.05, 0.1) is 24.7 Å². The van der Waals surface area contributed by atoms with Crippen LogP contribution in [0, 0.1) is 5.92 Å². The first-order valence-electron chi connectivity index (χ1n) is 11.5. The van der Waals surface area contributed by atoms with Crippen LogP contribution in [0.2, 0.25) is 5.02 Å². The number of hydrogen-bond donors (Lipinski definition) is 1. The van der Waals surface area contributed by atoms with Gasteiger partial charge in [0.25, 0.3) is 0 Å². The quantitative estimate of drug-likeness (QED) is 0.511. The number of nitrogens with zero attached hydrogens (tertiary/aromatic N) is 1. The van der Waals surface area contributed by atoms with Gasteiger partial charge < -0.3 is 19.7 Å². The lowest BCUT2D eigenvalue weighted by Gasteiger charge is -2.36. The molecule has 35 heavy (non-hydrogen) atoms. The predicted octanol–water partition coefficient (Wildman–Crippen LogP) is 4.94. The van der Waals surface area contributed by atoms with Crippen LogP contribution in [0.1, 0.15) is 12.5 Å². The van der Waals surface area contributed by atoms with Crippen molar-refractivity contribution in [1.82, 2.24) is 5.32 Å². The lowest BCUT2D eigenvalue weighted by atomic mass is 10.0. The van der Waals surface area contributed by atoms with E-state index in [1.54, 1.807) is 11.8 Å². The lowest BCUT2D eigenvalue weighted by molar-refractivity contribution is -0.128. The fraction of sp³-hybridized carbons (Fsp3) is 0.259. The number of halogens is 1. The van der Waals surface area contributed by atoms with Crippen LogP contribution < -0.4 is 19.7 Å². The van der Waals surface area contributed by atoms with Crippen LogP contribution in [0.4, 0.5) is 5.69 Å². The molecule has 2 heterocycles. The summed E-state index contributed by atoms with van der Waals surface area (Å²) in [6.07, 6.45) is -0.298. The van der Waals surface area contributed by atoms with Crippen LogP contribution >= 0.6 is 23.4 Å². The first-order chi connectivity index (χ1) is 17.0. The van der Waals surface area contributed by atoms with Gasteiger partial charge in [0.1, 0.15) is 18.0 Å². The molecule has 8 heteroatoms. The van der Waals surface area contributed by atoms with Gasteiger partial charge in [0, 0.05) is 9.92 Å². The highest BCUT2D eigenvalue weighted by Gasteiger charge is 2.39. The molecule has 0 fully saturated rings. The van der Waals surface area contributed by atoms with E-state index in [0.29, 0.717) is 36.2 Å². The molecule has 0 aromatic heterocycles. The number of hydrogen-bond acceptors (Lipinski definition) is 5. The summed E-state index contributed by atoms with van der Waals surface area (Å²) < 4.78 is 11.7. The second-order valence-electron chi connectivity index (χ2n) is 8.55. The summed E-state index contributed by atoms with van der Waals surface area (Å²) in [6, 6.07) is 22.7. The Morgan fingerprint density at radius 2 is 1.80 bits per heavy atom. The predicted molar refractivity (Wildman–Crippen MR) is 137 cm³/mol. The van der Waals surface area contributed by atoms with Crippen LogP contribution in [0.25, 0.3) is 0 Å². The molecule has 0 saturated carbocycles. The summed E-state index contributed by atoms with van der Waals surface area (Å²) >= 11 is 7.82. The first kappa shape index (κ1) is 23.6. The zero-order valence-electron chi connectivity index (χ0n) is 19.1. The van der Waals surface area contributed by atoms with Crippen molar-refractivity contribution in [1.29, 1.82) is 0 Å². The van der Waals surface area contributed by atoms with E-state index in [9.17, 15) is 9.59 Å². The molecule has 2 aliphatic rings. The summed E-state index contributed by atoms with van der Waals surface area (Å²) in [6.45, 7) is 2.78. The Labute approximate surface area is 213 Å². The monoisotopic (exact) mass is 508 g/mol. The third kappa shape index (κ3) is 4.97. The molecule has 0 spiro atoms. The van der Waals surface area contributed by atoms with Crippen molar-refractivity contribution in [2.75, 3.05) is 18.1 Å². The van der Waals surface area contributed by atoms with Gasteiger partial charge in [-0.15, -0.1) is 11.8 Å². The van der Waals surface area contributed by atoms with E-state index in [1.807, 2.05) is 72.8 Å². The van der Waals surface area contributed by atoms with E-state index in [2.05, 4.69) is 5.32 Å². The largest absolute Gasteiger partial charge is 0.486 e. The summed E-state index contributed by atoms with van der Waals surface area (Å²) in [5, 5.41) is 3.00. The number of rotatable bonds is 6. The third-order valence-corrected chi connectivity index (χ3v) is 7.98. The minimum absolute atomic E-state index is 0.109. The Balaban J connectivity index is 1.28. The van der Waals surface area contributed by atoms with Gasteiger partial charge in [-0.05, 0) is 35.9 Å². The van der Waals surface area contributed by atoms with Crippen LogP contribution in [-0.2, 0) is 16.1 Å². The van der Waals surface area contributed by atoms with Crippen molar-refractivity contribution in [3.05, 3.63) is 83.4 Å². The number of para-hydroxylation sites is 3. The normalized spacial score (nSPS) is 19.6. The molecule has 1 N–H and O–H groups in total. The first-order valence-corrected chi connectivity index (χ1v) is 12.7. The number of thioether (sulfide) groups is 1. The van der Waals surface area contributed by atoms with Crippen LogP contribution in [0.5, 0.6) is 11.5 Å². The average Bonchev–Trinajstić information content (AvgIpc) is 2.89. The molecule has 5 rings (SSSR count). The molecular weight excluding hydrogens is 484 g/mol. The van der Waals surface area contributed by atoms with Gasteiger partial charge in [0.15, 0.2) is 11.5 Å². The van der Waals surface area contributed by atoms with E-state index in [4.69, 9.17) is 21.1 Å². The molecule has 3 aromatic carbocycles. The Bertz CT molecular complexity index is 1250. The number of carbonyl (C=O) groups is 2. The van der Waals surface area contributed by atoms with Crippen molar-refractivity contribution in [2.45, 2.75) is 29.7 Å². The Morgan fingerprint density at radius 3 is 2.63 bits per heavy atom. The topological polar surface area (TPSA) is 67.9 Å². The fourth-order valence-corrected chi connectivity index (χ4v) is 5.67. The Kier molecular flexibility index (Phi) is 6.88. The van der Waals surface area contributed by atoms with E-state index < -0.39 is 11.2 Å². The number of anilines is 1. The third-order valence-electron chi connectivity index (χ3n) is 6.14. The number of fused-ring (bicyclic) bond motifs is 2. The second kappa shape index (κ2) is 10.2. The smallest absolute Gasteiger partial charge is 0.241 e. The Hall–Kier alpha value is -3.16. The zero-order valence-corrected chi connectivity index (χ0v) is 20.7. The van der Waals surface area contributed by atoms with Crippen LogP contribution in [0.3, 0.4) is 0 Å². The molecule has 0 unspecified atom stereocenters. The maximum Gasteiger partial charge on any atom is 0.241 e. The molecule has 0 saturated heterocycles. The van der Waals surface area contributed by atoms with E-state index in [0.717, 1.165) is 16.1 Å². The van der Waals surface area contributed by atoms with Gasteiger partial charge in [-0.1, -0.05) is 61.0 Å². The van der Waals surface area contributed by atoms with Gasteiger partial charge in [-0.3, -0.25) is 9.59 Å². The molecule has 3 aromatic rings. The number of carbonyl (C=O) groups excluding carboxylic acids is 2. The molecule has 6 nitrogen and oxygen atoms in total. The summed E-state index contributed by atoms with van der Waals surface area (Å²) in [4.78, 5) is 29.4. The highest BCUT2D eigenvalue weighted by molar-refractivity contribution is 8.01. The molecule has 180 valence electrons. The molecule has 0 aliphatic carbocycles. The van der Waals surface area contributed by atoms with Crippen molar-refractivity contribution in [2.24, 2.45) is 5.92 Å². The maximum atomic E-state index is 13.6. The van der Waals surface area contributed by atoms with E-state index in [-0.39, 0.29) is 17.9 Å². The molecule has 0 radical (unpaired) electrons. The minimum atomic E-state index is -0.559. The Morgan fingerprint density at radius 1 is 1.09 bits per heavy atom. The SMILES string of the molecule is C[C@H](C(=O)NC[C@@H]1COc2ccccc2O1)[C@@H]1Sc2ccccc2N(Cc2ccccc2Cl)C1=O. The van der Waals surface area contributed by atoms with Crippen molar-refractivity contribution in [3.8, 4) is 11.5 Å². The van der Waals surface area contributed by atoms with Gasteiger partial charge >= 0.3 is 0 Å². The highest BCUT2D eigenvalue weighted by atomic mass is 35.5. The van der Waals surface area contributed by atoms with E-state index >= 15 is 0 Å². The standard InChI is InChI=1S/C27H25ClN2O4S/c1-17(26(31)29-14-19-16-33-22-11-5-6-12-23(22)34-19)25-27(32)30(15-18-8-2-3-9-20(18)28)21-10-4-7-13-24(21)35-25/h2-13,17,19,25H,14-16H2,1H3,(H,29,31)/t17-,19+,25-/m0/s1. The second-order valence-corrected chi connectivity index (χ2v) is 10.1. The molecule has 3 atom stereocenters. The molecule has 0 bridgehead atoms.